The van der Waals surface area contributed by atoms with Crippen LogP contribution in [0.2, 0.25) is 0 Å². The molecule has 0 aliphatic rings. The summed E-state index contributed by atoms with van der Waals surface area (Å²) in [6.45, 7) is 7.64. The van der Waals surface area contributed by atoms with Crippen molar-refractivity contribution in [3.8, 4) is 23.0 Å². The van der Waals surface area contributed by atoms with Crippen LogP contribution in [0, 0.1) is 5.92 Å². The van der Waals surface area contributed by atoms with Gasteiger partial charge in [-0.3, -0.25) is 0 Å². The molecule has 212 valence electrons. The molecule has 8 heteroatoms. The van der Waals surface area contributed by atoms with Crippen molar-refractivity contribution in [3.63, 3.8) is 0 Å². The van der Waals surface area contributed by atoms with Gasteiger partial charge in [0.15, 0.2) is 23.0 Å². The second kappa shape index (κ2) is 17.6. The highest BCUT2D eigenvalue weighted by Gasteiger charge is 2.36. The Morgan fingerprint density at radius 3 is 1.84 bits per heavy atom. The number of nitrogens with zero attached hydrogens (tertiary/aromatic N) is 1. The SMILES string of the molecule is COc1ccc(CCCNCCCC(CN(C)C)(c2ccc(OC)c(OC)c2)C(C)C)cc1OC.Cl.Cl. The van der Waals surface area contributed by atoms with Gasteiger partial charge in [-0.2, -0.15) is 0 Å². The molecular weight excluding hydrogens is 511 g/mol. The molecule has 0 saturated heterocycles. The molecular formula is C29H48Cl2N2O4. The molecule has 0 amide bonds. The molecule has 2 rings (SSSR count). The molecule has 1 N–H and O–H groups in total. The fourth-order valence-electron chi connectivity index (χ4n) is 4.94. The zero-order valence-electron chi connectivity index (χ0n) is 23.9. The van der Waals surface area contributed by atoms with Crippen LogP contribution in [0.15, 0.2) is 36.4 Å². The summed E-state index contributed by atoms with van der Waals surface area (Å²) in [5.41, 5.74) is 2.61. The van der Waals surface area contributed by atoms with E-state index in [1.807, 2.05) is 12.1 Å². The average Bonchev–Trinajstić information content (AvgIpc) is 2.86. The van der Waals surface area contributed by atoms with Gasteiger partial charge in [-0.05, 0) is 94.2 Å². The van der Waals surface area contributed by atoms with E-state index in [4.69, 9.17) is 18.9 Å². The monoisotopic (exact) mass is 558 g/mol. The Bertz CT molecular complexity index is 911. The summed E-state index contributed by atoms with van der Waals surface area (Å²) >= 11 is 0. The largest absolute Gasteiger partial charge is 0.493 e. The fourth-order valence-corrected chi connectivity index (χ4v) is 4.94. The van der Waals surface area contributed by atoms with Gasteiger partial charge in [-0.25, -0.2) is 0 Å². The van der Waals surface area contributed by atoms with E-state index in [1.54, 1.807) is 28.4 Å². The topological polar surface area (TPSA) is 52.2 Å². The maximum absolute atomic E-state index is 5.62. The minimum absolute atomic E-state index is 0. The maximum Gasteiger partial charge on any atom is 0.161 e. The molecule has 0 aliphatic heterocycles. The highest BCUT2D eigenvalue weighted by Crippen LogP contribution is 2.41. The first kappa shape index (κ1) is 35.1. The van der Waals surface area contributed by atoms with Crippen LogP contribution in [-0.4, -0.2) is 67.1 Å². The third-order valence-corrected chi connectivity index (χ3v) is 6.91. The van der Waals surface area contributed by atoms with Crippen LogP contribution in [0.5, 0.6) is 23.0 Å². The van der Waals surface area contributed by atoms with Crippen LogP contribution in [0.1, 0.15) is 44.2 Å². The molecule has 2 aromatic rings. The molecule has 0 fully saturated rings. The third kappa shape index (κ3) is 9.75. The first-order chi connectivity index (χ1) is 16.8. The summed E-state index contributed by atoms with van der Waals surface area (Å²) in [7, 11) is 11.0. The van der Waals surface area contributed by atoms with E-state index < -0.39 is 0 Å². The summed E-state index contributed by atoms with van der Waals surface area (Å²) in [4.78, 5) is 2.30. The third-order valence-electron chi connectivity index (χ3n) is 6.91. The summed E-state index contributed by atoms with van der Waals surface area (Å²) < 4.78 is 21.9. The normalized spacial score (nSPS) is 12.4. The zero-order valence-corrected chi connectivity index (χ0v) is 25.5. The predicted molar refractivity (Wildman–Crippen MR) is 159 cm³/mol. The summed E-state index contributed by atoms with van der Waals surface area (Å²) in [6, 6.07) is 12.6. The lowest BCUT2D eigenvalue weighted by Crippen LogP contribution is -2.42. The van der Waals surface area contributed by atoms with E-state index in [9.17, 15) is 0 Å². The van der Waals surface area contributed by atoms with Crippen LogP contribution in [0.4, 0.5) is 0 Å². The van der Waals surface area contributed by atoms with Gasteiger partial charge in [0.25, 0.3) is 0 Å². The van der Waals surface area contributed by atoms with Gasteiger partial charge >= 0.3 is 0 Å². The van der Waals surface area contributed by atoms with Crippen molar-refractivity contribution in [2.75, 3.05) is 62.2 Å². The number of halogens is 2. The fraction of sp³-hybridized carbons (Fsp3) is 0.586. The second-order valence-electron chi connectivity index (χ2n) is 9.76. The Morgan fingerprint density at radius 1 is 0.757 bits per heavy atom. The molecule has 0 spiro atoms. The average molecular weight is 560 g/mol. The molecule has 2 aromatic carbocycles. The van der Waals surface area contributed by atoms with Gasteiger partial charge in [0.1, 0.15) is 0 Å². The highest BCUT2D eigenvalue weighted by molar-refractivity contribution is 5.85. The van der Waals surface area contributed by atoms with Crippen molar-refractivity contribution in [3.05, 3.63) is 47.5 Å². The molecule has 0 bridgehead atoms. The van der Waals surface area contributed by atoms with E-state index in [1.165, 1.54) is 11.1 Å². The number of rotatable bonds is 16. The second-order valence-corrected chi connectivity index (χ2v) is 9.76. The van der Waals surface area contributed by atoms with Crippen molar-refractivity contribution in [1.29, 1.82) is 0 Å². The number of likely N-dealkylation sites (N-methyl/N-ethyl adjacent to an activating group) is 1. The lowest BCUT2D eigenvalue weighted by atomic mass is 9.68. The molecule has 1 atom stereocenters. The molecule has 0 heterocycles. The van der Waals surface area contributed by atoms with Crippen molar-refractivity contribution in [1.82, 2.24) is 10.2 Å². The smallest absolute Gasteiger partial charge is 0.161 e. The molecule has 0 aromatic heterocycles. The van der Waals surface area contributed by atoms with Gasteiger partial charge in [0.05, 0.1) is 28.4 Å². The van der Waals surface area contributed by atoms with Gasteiger partial charge in [0, 0.05) is 12.0 Å². The number of hydrogen-bond donors (Lipinski definition) is 1. The molecule has 0 saturated carbocycles. The van der Waals surface area contributed by atoms with Crippen molar-refractivity contribution in [2.24, 2.45) is 5.92 Å². The van der Waals surface area contributed by atoms with Crippen LogP contribution in [0.25, 0.3) is 0 Å². The van der Waals surface area contributed by atoms with Gasteiger partial charge in [0.2, 0.25) is 0 Å². The van der Waals surface area contributed by atoms with Gasteiger partial charge in [-0.1, -0.05) is 26.0 Å². The minimum atomic E-state index is 0. The van der Waals surface area contributed by atoms with E-state index in [0.717, 1.165) is 68.3 Å². The lowest BCUT2D eigenvalue weighted by Gasteiger charge is -2.41. The van der Waals surface area contributed by atoms with E-state index in [0.29, 0.717) is 5.92 Å². The van der Waals surface area contributed by atoms with Crippen LogP contribution >= 0.6 is 24.8 Å². The summed E-state index contributed by atoms with van der Waals surface area (Å²) in [6.07, 6.45) is 4.30. The van der Waals surface area contributed by atoms with Crippen molar-refractivity contribution in [2.45, 2.75) is 44.9 Å². The van der Waals surface area contributed by atoms with E-state index in [2.05, 4.69) is 62.4 Å². The van der Waals surface area contributed by atoms with Crippen LogP contribution in [0.3, 0.4) is 0 Å². The summed E-state index contributed by atoms with van der Waals surface area (Å²) in [5.74, 6) is 3.61. The Balaban J connectivity index is 0.00000648. The minimum Gasteiger partial charge on any atom is -0.493 e. The van der Waals surface area contributed by atoms with E-state index in [-0.39, 0.29) is 30.2 Å². The lowest BCUT2D eigenvalue weighted by molar-refractivity contribution is 0.199. The predicted octanol–water partition coefficient (Wildman–Crippen LogP) is 6.02. The number of aryl methyl sites for hydroxylation is 1. The summed E-state index contributed by atoms with van der Waals surface area (Å²) in [5, 5.41) is 3.65. The number of nitrogens with one attached hydrogen (secondary N) is 1. The van der Waals surface area contributed by atoms with E-state index >= 15 is 0 Å². The molecule has 1 unspecified atom stereocenters. The maximum atomic E-state index is 5.62. The van der Waals surface area contributed by atoms with Crippen molar-refractivity contribution < 1.29 is 18.9 Å². The van der Waals surface area contributed by atoms with Gasteiger partial charge in [-0.15, -0.1) is 24.8 Å². The Morgan fingerprint density at radius 2 is 1.30 bits per heavy atom. The van der Waals surface area contributed by atoms with Crippen LogP contribution in [-0.2, 0) is 11.8 Å². The van der Waals surface area contributed by atoms with Crippen LogP contribution < -0.4 is 24.3 Å². The number of hydrogen-bond acceptors (Lipinski definition) is 6. The van der Waals surface area contributed by atoms with Gasteiger partial charge < -0.3 is 29.2 Å². The van der Waals surface area contributed by atoms with Crippen molar-refractivity contribution >= 4 is 24.8 Å². The highest BCUT2D eigenvalue weighted by atomic mass is 35.5. The standard InChI is InChI=1S/C29H46N2O4.2ClH/c1-22(2)29(21-31(3)4,24-13-15-26(33-6)28(20-24)35-8)16-10-18-30-17-9-11-23-12-14-25(32-5)27(19-23)34-7;;/h12-15,19-20,22,30H,9-11,16-18,21H2,1-8H3;2*1H. The number of ether oxygens (including phenoxy) is 4. The molecule has 0 aliphatic carbocycles. The Hall–Kier alpha value is -1.86. The first-order valence-electron chi connectivity index (χ1n) is 12.6. The molecule has 37 heavy (non-hydrogen) atoms. The molecule has 6 nitrogen and oxygen atoms in total. The molecule has 0 radical (unpaired) electrons. The zero-order chi connectivity index (χ0) is 25.8. The number of methoxy groups -OCH3 is 4. The number of benzene rings is 2. The first-order valence-corrected chi connectivity index (χ1v) is 12.6. The Kier molecular flexibility index (Phi) is 16.7. The Labute approximate surface area is 237 Å². The quantitative estimate of drug-likeness (QED) is 0.254.